The zero-order valence-corrected chi connectivity index (χ0v) is 16.2. The normalized spacial score (nSPS) is 13.7. The molecule has 1 unspecified atom stereocenters. The van der Waals surface area contributed by atoms with Crippen LogP contribution in [0.4, 0.5) is 0 Å². The van der Waals surface area contributed by atoms with E-state index < -0.39 is 0 Å². The van der Waals surface area contributed by atoms with Crippen molar-refractivity contribution >= 4 is 0 Å². The number of hydrogen-bond acceptors (Lipinski definition) is 0. The van der Waals surface area contributed by atoms with Gasteiger partial charge in [0.25, 0.3) is 0 Å². The van der Waals surface area contributed by atoms with Gasteiger partial charge in [0.05, 0.1) is 0 Å². The Balaban J connectivity index is 0. The van der Waals surface area contributed by atoms with Crippen molar-refractivity contribution < 1.29 is 0 Å². The summed E-state index contributed by atoms with van der Waals surface area (Å²) in [6, 6.07) is 0. The molecule has 0 bridgehead atoms. The van der Waals surface area contributed by atoms with Gasteiger partial charge in [-0.3, -0.25) is 0 Å². The quantitative estimate of drug-likeness (QED) is 0.425. The van der Waals surface area contributed by atoms with Gasteiger partial charge in [-0.15, -0.1) is 0 Å². The molecule has 0 aromatic rings. The molecule has 0 fully saturated rings. The molecule has 20 heavy (non-hydrogen) atoms. The van der Waals surface area contributed by atoms with Gasteiger partial charge in [0, 0.05) is 0 Å². The summed E-state index contributed by atoms with van der Waals surface area (Å²) in [6.07, 6.45) is 11.0. The lowest BCUT2D eigenvalue weighted by atomic mass is 9.65. The molecule has 124 valence electrons. The van der Waals surface area contributed by atoms with Crippen LogP contribution in [0.15, 0.2) is 0 Å². The monoisotopic (exact) mass is 284 g/mol. The van der Waals surface area contributed by atoms with Crippen molar-refractivity contribution in [2.24, 2.45) is 16.7 Å². The zero-order chi connectivity index (χ0) is 16.2. The van der Waals surface area contributed by atoms with Crippen molar-refractivity contribution in [2.45, 2.75) is 114 Å². The van der Waals surface area contributed by atoms with E-state index in [1.165, 1.54) is 51.4 Å². The maximum absolute atomic E-state index is 2.38. The van der Waals surface area contributed by atoms with Crippen LogP contribution in [-0.4, -0.2) is 0 Å². The lowest BCUT2D eigenvalue weighted by molar-refractivity contribution is 0.0975. The summed E-state index contributed by atoms with van der Waals surface area (Å²) in [5, 5.41) is 0. The van der Waals surface area contributed by atoms with Gasteiger partial charge in [-0.25, -0.2) is 0 Å². The molecule has 0 aromatic carbocycles. The molecule has 0 N–H and O–H groups in total. The SMILES string of the molecule is CCC(C)(CC)C(C)(C)C.CCCCC(CC)CCC. The summed E-state index contributed by atoms with van der Waals surface area (Å²) in [6.45, 7) is 20.8. The van der Waals surface area contributed by atoms with Crippen LogP contribution in [0.5, 0.6) is 0 Å². The number of hydrogen-bond donors (Lipinski definition) is 0. The minimum absolute atomic E-state index is 0.455. The van der Waals surface area contributed by atoms with Crippen molar-refractivity contribution in [1.82, 2.24) is 0 Å². The number of rotatable bonds is 8. The van der Waals surface area contributed by atoms with Crippen LogP contribution in [-0.2, 0) is 0 Å². The summed E-state index contributed by atoms with van der Waals surface area (Å²) in [4.78, 5) is 0. The van der Waals surface area contributed by atoms with Gasteiger partial charge >= 0.3 is 0 Å². The van der Waals surface area contributed by atoms with E-state index in [4.69, 9.17) is 0 Å². The fraction of sp³-hybridized carbons (Fsp3) is 1.00. The Hall–Kier alpha value is 0. The highest BCUT2D eigenvalue weighted by Gasteiger charge is 2.33. The Morgan fingerprint density at radius 2 is 1.20 bits per heavy atom. The predicted molar refractivity (Wildman–Crippen MR) is 96.4 cm³/mol. The third kappa shape index (κ3) is 9.03. The third-order valence-electron chi connectivity index (χ3n) is 5.61. The molecule has 0 heterocycles. The molecule has 0 saturated heterocycles. The van der Waals surface area contributed by atoms with Crippen LogP contribution in [0, 0.1) is 16.7 Å². The summed E-state index contributed by atoms with van der Waals surface area (Å²) in [5.74, 6) is 1.02. The molecule has 0 amide bonds. The molecule has 0 aliphatic carbocycles. The largest absolute Gasteiger partial charge is 0.0654 e. The first-order valence-electron chi connectivity index (χ1n) is 9.22. The standard InChI is InChI=1S/2C10H22/c1-7-10(6,8-2)9(3,4)5;1-4-7-9-10(6-3)8-5-2/h7-8H2,1-6H3;10H,4-9H2,1-3H3. The average Bonchev–Trinajstić information content (AvgIpc) is 2.41. The van der Waals surface area contributed by atoms with Crippen LogP contribution >= 0.6 is 0 Å². The highest BCUT2D eigenvalue weighted by molar-refractivity contribution is 4.83. The van der Waals surface area contributed by atoms with E-state index in [0.29, 0.717) is 10.8 Å². The fourth-order valence-electron chi connectivity index (χ4n) is 2.76. The molecular weight excluding hydrogens is 240 g/mol. The lowest BCUT2D eigenvalue weighted by Gasteiger charge is -2.40. The second-order valence-electron chi connectivity index (χ2n) is 7.72. The van der Waals surface area contributed by atoms with Gasteiger partial charge in [0.15, 0.2) is 0 Å². The highest BCUT2D eigenvalue weighted by Crippen LogP contribution is 2.43. The molecule has 0 aliphatic heterocycles. The van der Waals surface area contributed by atoms with Gasteiger partial charge in [0.1, 0.15) is 0 Å². The smallest absolute Gasteiger partial charge is 0.0282 e. The van der Waals surface area contributed by atoms with Crippen LogP contribution in [0.3, 0.4) is 0 Å². The molecule has 0 aliphatic rings. The summed E-state index contributed by atoms with van der Waals surface area (Å²) >= 11 is 0. The van der Waals surface area contributed by atoms with Gasteiger partial charge in [-0.1, -0.05) is 114 Å². The van der Waals surface area contributed by atoms with Gasteiger partial charge in [0.2, 0.25) is 0 Å². The lowest BCUT2D eigenvalue weighted by Crippen LogP contribution is -2.31. The average molecular weight is 285 g/mol. The maximum Gasteiger partial charge on any atom is -0.0282 e. The summed E-state index contributed by atoms with van der Waals surface area (Å²) in [5.41, 5.74) is 0.976. The van der Waals surface area contributed by atoms with Crippen molar-refractivity contribution in [2.75, 3.05) is 0 Å². The molecule has 0 saturated carbocycles. The second kappa shape index (κ2) is 11.6. The Morgan fingerprint density at radius 1 is 0.700 bits per heavy atom. The molecule has 0 nitrogen and oxygen atoms in total. The first-order valence-corrected chi connectivity index (χ1v) is 9.22. The van der Waals surface area contributed by atoms with Crippen molar-refractivity contribution in [3.05, 3.63) is 0 Å². The number of unbranched alkanes of at least 4 members (excludes halogenated alkanes) is 1. The topological polar surface area (TPSA) is 0 Å². The molecule has 0 heteroatoms. The van der Waals surface area contributed by atoms with Gasteiger partial charge < -0.3 is 0 Å². The Labute approximate surface area is 131 Å². The van der Waals surface area contributed by atoms with Crippen LogP contribution in [0.2, 0.25) is 0 Å². The van der Waals surface area contributed by atoms with E-state index in [1.54, 1.807) is 0 Å². The Morgan fingerprint density at radius 3 is 1.40 bits per heavy atom. The second-order valence-corrected chi connectivity index (χ2v) is 7.72. The van der Waals surface area contributed by atoms with E-state index in [9.17, 15) is 0 Å². The first kappa shape index (κ1) is 22.3. The summed E-state index contributed by atoms with van der Waals surface area (Å²) in [7, 11) is 0. The molecule has 0 aromatic heterocycles. The molecule has 0 radical (unpaired) electrons. The van der Waals surface area contributed by atoms with Crippen LogP contribution in [0.1, 0.15) is 114 Å². The minimum Gasteiger partial charge on any atom is -0.0654 e. The van der Waals surface area contributed by atoms with Crippen molar-refractivity contribution in [1.29, 1.82) is 0 Å². The maximum atomic E-state index is 2.38. The Kier molecular flexibility index (Phi) is 13.0. The molecule has 0 rings (SSSR count). The van der Waals surface area contributed by atoms with E-state index in [0.717, 1.165) is 5.92 Å². The van der Waals surface area contributed by atoms with Crippen molar-refractivity contribution in [3.8, 4) is 0 Å². The molecule has 0 spiro atoms. The molecule has 1 atom stereocenters. The zero-order valence-electron chi connectivity index (χ0n) is 16.2. The van der Waals surface area contributed by atoms with E-state index >= 15 is 0 Å². The van der Waals surface area contributed by atoms with Crippen molar-refractivity contribution in [3.63, 3.8) is 0 Å². The van der Waals surface area contributed by atoms with E-state index in [2.05, 4.69) is 62.3 Å². The first-order chi connectivity index (χ1) is 9.22. The highest BCUT2D eigenvalue weighted by atomic mass is 14.4. The third-order valence-corrected chi connectivity index (χ3v) is 5.61. The Bertz CT molecular complexity index is 193. The van der Waals surface area contributed by atoms with Gasteiger partial charge in [-0.2, -0.15) is 0 Å². The van der Waals surface area contributed by atoms with E-state index in [1.807, 2.05) is 0 Å². The predicted octanol–water partition coefficient (Wildman–Crippen LogP) is 7.86. The van der Waals surface area contributed by atoms with Crippen LogP contribution < -0.4 is 0 Å². The summed E-state index contributed by atoms with van der Waals surface area (Å²) < 4.78 is 0. The fourth-order valence-corrected chi connectivity index (χ4v) is 2.76. The minimum atomic E-state index is 0.455. The molecular formula is C20H44. The van der Waals surface area contributed by atoms with Crippen LogP contribution in [0.25, 0.3) is 0 Å². The van der Waals surface area contributed by atoms with E-state index in [-0.39, 0.29) is 0 Å². The van der Waals surface area contributed by atoms with Gasteiger partial charge in [-0.05, 0) is 16.7 Å².